The summed E-state index contributed by atoms with van der Waals surface area (Å²) in [6.45, 7) is 2.17. The molecule has 0 bridgehead atoms. The molecule has 1 amide bonds. The fourth-order valence-corrected chi connectivity index (χ4v) is 4.18. The Kier molecular flexibility index (Phi) is 6.41. The molecule has 2 unspecified atom stereocenters. The van der Waals surface area contributed by atoms with Gasteiger partial charge in [0.05, 0.1) is 16.0 Å². The highest BCUT2D eigenvalue weighted by atomic mass is 32.2. The summed E-state index contributed by atoms with van der Waals surface area (Å²) < 4.78 is 91.4. The number of nitrogens with one attached hydrogen (secondary N) is 1. The number of alkyl halides is 5. The van der Waals surface area contributed by atoms with E-state index >= 15 is 0 Å². The molecule has 7 nitrogen and oxygen atoms in total. The van der Waals surface area contributed by atoms with Gasteiger partial charge in [-0.2, -0.15) is 13.2 Å². The number of pyridine rings is 1. The summed E-state index contributed by atoms with van der Waals surface area (Å²) >= 11 is 0. The zero-order chi connectivity index (χ0) is 24.8. The summed E-state index contributed by atoms with van der Waals surface area (Å²) in [5.41, 5.74) is -1.73. The van der Waals surface area contributed by atoms with Gasteiger partial charge in [0.1, 0.15) is 5.82 Å². The van der Waals surface area contributed by atoms with Crippen LogP contribution in [-0.2, 0) is 16.2 Å². The lowest BCUT2D eigenvalue weighted by atomic mass is 9.87. The smallest absolute Gasteiger partial charge is 0.355 e. The molecule has 3 N–H and O–H groups in total. The van der Waals surface area contributed by atoms with E-state index in [4.69, 9.17) is 5.14 Å². The molecule has 3 rings (SSSR count). The Balaban J connectivity index is 2.01. The Hall–Kier alpha value is -2.80. The van der Waals surface area contributed by atoms with Crippen LogP contribution in [0, 0.1) is 11.8 Å². The standard InChI is InChI=1S/C20H21F5N4O3S/c1-11-9-29(10-12(2)19(11,21)22)17-16(6-13(8-27-17)20(23,24)25)18(30)28-14-4-3-5-15(7-14)33(26,31)32/h3-8,11-12H,9-10H2,1-2H3,(H,28,30)(H2,26,31,32). The van der Waals surface area contributed by atoms with Crippen LogP contribution in [0.15, 0.2) is 41.4 Å². The van der Waals surface area contributed by atoms with E-state index in [0.29, 0.717) is 12.3 Å². The molecule has 0 aliphatic carbocycles. The van der Waals surface area contributed by atoms with Gasteiger partial charge in [-0.15, -0.1) is 0 Å². The van der Waals surface area contributed by atoms with Crippen LogP contribution in [0.5, 0.6) is 0 Å². The maximum atomic E-state index is 14.2. The second-order valence-corrected chi connectivity index (χ2v) is 9.56. The fraction of sp³-hybridized carbons (Fsp3) is 0.400. The Morgan fingerprint density at radius 2 is 1.79 bits per heavy atom. The van der Waals surface area contributed by atoms with Gasteiger partial charge in [0, 0.05) is 36.8 Å². The van der Waals surface area contributed by atoms with E-state index in [2.05, 4.69) is 10.3 Å². The number of halogens is 5. The number of primary sulfonamides is 1. The molecule has 180 valence electrons. The van der Waals surface area contributed by atoms with Crippen molar-refractivity contribution >= 4 is 27.4 Å². The predicted molar refractivity (Wildman–Crippen MR) is 110 cm³/mol. The van der Waals surface area contributed by atoms with Crippen molar-refractivity contribution in [1.29, 1.82) is 0 Å². The van der Waals surface area contributed by atoms with Crippen molar-refractivity contribution in [2.24, 2.45) is 17.0 Å². The zero-order valence-corrected chi connectivity index (χ0v) is 18.3. The Morgan fingerprint density at radius 1 is 1.18 bits per heavy atom. The van der Waals surface area contributed by atoms with Gasteiger partial charge in [-0.25, -0.2) is 27.3 Å². The monoisotopic (exact) mass is 492 g/mol. The third kappa shape index (κ3) is 5.24. The Bertz CT molecular complexity index is 1160. The Labute approximate surface area is 186 Å². The average molecular weight is 492 g/mol. The number of benzene rings is 1. The SMILES string of the molecule is CC1CN(c2ncc(C(F)(F)F)cc2C(=O)Nc2cccc(S(N)(=O)=O)c2)CC(C)C1(F)F. The molecule has 1 aliphatic heterocycles. The van der Waals surface area contributed by atoms with Gasteiger partial charge in [0.15, 0.2) is 0 Å². The van der Waals surface area contributed by atoms with Crippen molar-refractivity contribution in [2.45, 2.75) is 30.8 Å². The van der Waals surface area contributed by atoms with E-state index in [1.165, 1.54) is 36.9 Å². The van der Waals surface area contributed by atoms with E-state index in [9.17, 15) is 35.2 Å². The van der Waals surface area contributed by atoms with E-state index in [0.717, 1.165) is 6.07 Å². The van der Waals surface area contributed by atoms with Crippen LogP contribution in [0.3, 0.4) is 0 Å². The fourth-order valence-electron chi connectivity index (χ4n) is 3.62. The van der Waals surface area contributed by atoms with Gasteiger partial charge < -0.3 is 10.2 Å². The molecule has 0 radical (unpaired) electrons. The predicted octanol–water partition coefficient (Wildman–Crippen LogP) is 3.73. The zero-order valence-electron chi connectivity index (χ0n) is 17.5. The van der Waals surface area contributed by atoms with Crippen LogP contribution in [0.4, 0.5) is 33.5 Å². The second kappa shape index (κ2) is 8.52. The van der Waals surface area contributed by atoms with Gasteiger partial charge in [0.2, 0.25) is 10.0 Å². The van der Waals surface area contributed by atoms with Gasteiger partial charge in [-0.1, -0.05) is 19.9 Å². The molecule has 1 fully saturated rings. The average Bonchev–Trinajstić information content (AvgIpc) is 2.70. The molecular formula is C20H21F5N4O3S. The molecule has 33 heavy (non-hydrogen) atoms. The minimum absolute atomic E-state index is 0.0400. The van der Waals surface area contributed by atoms with Gasteiger partial charge >= 0.3 is 6.18 Å². The van der Waals surface area contributed by atoms with Crippen molar-refractivity contribution in [3.8, 4) is 0 Å². The van der Waals surface area contributed by atoms with Gasteiger partial charge in [-0.05, 0) is 24.3 Å². The van der Waals surface area contributed by atoms with Crippen LogP contribution in [0.25, 0.3) is 0 Å². The Morgan fingerprint density at radius 3 is 2.33 bits per heavy atom. The van der Waals surface area contributed by atoms with Crippen LogP contribution in [-0.4, -0.2) is 38.3 Å². The number of carbonyl (C=O) groups is 1. The van der Waals surface area contributed by atoms with E-state index in [1.807, 2.05) is 0 Å². The number of sulfonamides is 1. The first-order valence-corrected chi connectivity index (χ1v) is 11.3. The number of hydrogen-bond donors (Lipinski definition) is 2. The van der Waals surface area contributed by atoms with E-state index in [-0.39, 0.29) is 29.5 Å². The molecule has 2 atom stereocenters. The largest absolute Gasteiger partial charge is 0.417 e. The number of piperidine rings is 1. The minimum Gasteiger partial charge on any atom is -0.355 e. The molecule has 1 aromatic heterocycles. The topological polar surface area (TPSA) is 105 Å². The first-order valence-electron chi connectivity index (χ1n) is 9.75. The maximum absolute atomic E-state index is 14.2. The van der Waals surface area contributed by atoms with Crippen LogP contribution in [0.2, 0.25) is 0 Å². The second-order valence-electron chi connectivity index (χ2n) is 8.00. The van der Waals surface area contributed by atoms with E-state index in [1.54, 1.807) is 0 Å². The number of carbonyl (C=O) groups excluding carboxylic acids is 1. The number of amides is 1. The summed E-state index contributed by atoms with van der Waals surface area (Å²) in [4.78, 5) is 17.8. The molecule has 1 aliphatic rings. The third-order valence-electron chi connectivity index (χ3n) is 5.46. The summed E-state index contributed by atoms with van der Waals surface area (Å²) in [5.74, 6) is -6.45. The first kappa shape index (κ1) is 24.8. The number of anilines is 2. The summed E-state index contributed by atoms with van der Waals surface area (Å²) in [5, 5.41) is 7.39. The van der Waals surface area contributed by atoms with Crippen molar-refractivity contribution in [2.75, 3.05) is 23.3 Å². The summed E-state index contributed by atoms with van der Waals surface area (Å²) in [6.07, 6.45) is -4.26. The highest BCUT2D eigenvalue weighted by Crippen LogP contribution is 2.40. The highest BCUT2D eigenvalue weighted by molar-refractivity contribution is 7.89. The first-order chi connectivity index (χ1) is 15.1. The van der Waals surface area contributed by atoms with Gasteiger partial charge in [0.25, 0.3) is 11.8 Å². The van der Waals surface area contributed by atoms with Crippen LogP contribution in [0.1, 0.15) is 29.8 Å². The van der Waals surface area contributed by atoms with Gasteiger partial charge in [-0.3, -0.25) is 4.79 Å². The van der Waals surface area contributed by atoms with E-state index < -0.39 is 51.0 Å². The quantitative estimate of drug-likeness (QED) is 0.633. The number of aromatic nitrogens is 1. The normalized spacial score (nSPS) is 21.0. The van der Waals surface area contributed by atoms with Crippen LogP contribution < -0.4 is 15.4 Å². The number of hydrogen-bond acceptors (Lipinski definition) is 5. The molecular weight excluding hydrogens is 471 g/mol. The summed E-state index contributed by atoms with van der Waals surface area (Å²) in [6, 6.07) is 5.41. The lowest BCUT2D eigenvalue weighted by molar-refractivity contribution is -0.137. The molecule has 2 aromatic rings. The lowest BCUT2D eigenvalue weighted by Gasteiger charge is -2.42. The minimum atomic E-state index is -4.80. The molecule has 0 spiro atoms. The van der Waals surface area contributed by atoms with Crippen molar-refractivity contribution in [1.82, 2.24) is 4.98 Å². The van der Waals surface area contributed by atoms with Crippen molar-refractivity contribution in [3.63, 3.8) is 0 Å². The number of nitrogens with zero attached hydrogens (tertiary/aromatic N) is 2. The summed E-state index contributed by atoms with van der Waals surface area (Å²) in [7, 11) is -4.09. The number of rotatable bonds is 4. The lowest BCUT2D eigenvalue weighted by Crippen LogP contribution is -2.52. The van der Waals surface area contributed by atoms with Crippen LogP contribution >= 0.6 is 0 Å². The third-order valence-corrected chi connectivity index (χ3v) is 6.37. The maximum Gasteiger partial charge on any atom is 0.417 e. The highest BCUT2D eigenvalue weighted by Gasteiger charge is 2.48. The molecule has 1 aromatic carbocycles. The van der Waals surface area contributed by atoms with Crippen molar-refractivity contribution in [3.05, 3.63) is 47.7 Å². The molecule has 2 heterocycles. The molecule has 1 saturated heterocycles. The molecule has 13 heteroatoms. The number of nitrogens with two attached hydrogens (primary N) is 1. The molecule has 0 saturated carbocycles. The van der Waals surface area contributed by atoms with Crippen molar-refractivity contribution < 1.29 is 35.2 Å².